The molecule has 1 heterocycles. The molecule has 0 radical (unpaired) electrons. The van der Waals surface area contributed by atoms with Gasteiger partial charge in [-0.05, 0) is 43.5 Å². The van der Waals surface area contributed by atoms with Crippen LogP contribution in [-0.2, 0) is 16.7 Å². The Morgan fingerprint density at radius 3 is 2.40 bits per heavy atom. The first kappa shape index (κ1) is 14.9. The average molecular weight is 294 g/mol. The standard InChI is InChI=1S/C15H19NO3S/c1-11-5-7-16(6-4-8-20(17,18)19)15-10-13(3)12(2)9-14(11)15/h5,7,9-10H,4,6,8H2,1-3H3/p+1. The lowest BCUT2D eigenvalue weighted by molar-refractivity contribution is -0.671. The van der Waals surface area contributed by atoms with E-state index in [4.69, 9.17) is 4.55 Å². The monoisotopic (exact) mass is 294 g/mol. The lowest BCUT2D eigenvalue weighted by Crippen LogP contribution is -2.35. The largest absolute Gasteiger partial charge is 0.286 e. The smallest absolute Gasteiger partial charge is 0.265 e. The Labute approximate surface area is 119 Å². The molecule has 20 heavy (non-hydrogen) atoms. The molecule has 0 unspecified atom stereocenters. The first-order valence-corrected chi connectivity index (χ1v) is 8.24. The van der Waals surface area contributed by atoms with Gasteiger partial charge in [0.1, 0.15) is 6.54 Å². The number of hydrogen-bond acceptors (Lipinski definition) is 2. The summed E-state index contributed by atoms with van der Waals surface area (Å²) < 4.78 is 32.4. The zero-order chi connectivity index (χ0) is 14.9. The van der Waals surface area contributed by atoms with Crippen LogP contribution in [0.5, 0.6) is 0 Å². The Balaban J connectivity index is 2.39. The Morgan fingerprint density at radius 1 is 1.10 bits per heavy atom. The highest BCUT2D eigenvalue weighted by atomic mass is 32.2. The number of rotatable bonds is 4. The molecule has 1 aromatic carbocycles. The van der Waals surface area contributed by atoms with Crippen molar-refractivity contribution in [3.05, 3.63) is 41.1 Å². The van der Waals surface area contributed by atoms with E-state index in [1.165, 1.54) is 22.1 Å². The Bertz CT molecular complexity index is 751. The molecule has 0 aliphatic rings. The van der Waals surface area contributed by atoms with Crippen LogP contribution in [0.25, 0.3) is 10.9 Å². The van der Waals surface area contributed by atoms with Crippen LogP contribution < -0.4 is 4.57 Å². The quantitative estimate of drug-likeness (QED) is 0.695. The average Bonchev–Trinajstić information content (AvgIpc) is 2.33. The van der Waals surface area contributed by atoms with Crippen molar-refractivity contribution >= 4 is 21.0 Å². The maximum atomic E-state index is 10.8. The van der Waals surface area contributed by atoms with Crippen LogP contribution in [0.4, 0.5) is 0 Å². The fraction of sp³-hybridized carbons (Fsp3) is 0.400. The van der Waals surface area contributed by atoms with E-state index in [9.17, 15) is 8.42 Å². The van der Waals surface area contributed by atoms with Crippen molar-refractivity contribution in [1.29, 1.82) is 0 Å². The van der Waals surface area contributed by atoms with Crippen molar-refractivity contribution in [3.63, 3.8) is 0 Å². The minimum atomic E-state index is -3.88. The van der Waals surface area contributed by atoms with Crippen LogP contribution in [0.15, 0.2) is 24.4 Å². The third-order valence-corrected chi connectivity index (χ3v) is 4.46. The molecule has 1 aromatic heterocycles. The van der Waals surface area contributed by atoms with Gasteiger partial charge < -0.3 is 0 Å². The molecule has 2 aromatic rings. The van der Waals surface area contributed by atoms with E-state index in [0.717, 1.165) is 5.52 Å². The maximum absolute atomic E-state index is 10.8. The highest BCUT2D eigenvalue weighted by Gasteiger charge is 2.13. The molecule has 0 aliphatic heterocycles. The zero-order valence-electron chi connectivity index (χ0n) is 12.0. The van der Waals surface area contributed by atoms with Crippen molar-refractivity contribution in [2.75, 3.05) is 5.75 Å². The fourth-order valence-corrected chi connectivity index (χ4v) is 2.83. The summed E-state index contributed by atoms with van der Waals surface area (Å²) in [7, 11) is -3.88. The second-order valence-electron chi connectivity index (χ2n) is 5.29. The van der Waals surface area contributed by atoms with Gasteiger partial charge in [-0.25, -0.2) is 0 Å². The van der Waals surface area contributed by atoms with Crippen LogP contribution in [0.1, 0.15) is 23.1 Å². The topological polar surface area (TPSA) is 58.2 Å². The summed E-state index contributed by atoms with van der Waals surface area (Å²) in [6.07, 6.45) is 2.37. The predicted octanol–water partition coefficient (Wildman–Crippen LogP) is 2.33. The minimum absolute atomic E-state index is 0.208. The van der Waals surface area contributed by atoms with Crippen molar-refractivity contribution < 1.29 is 17.5 Å². The van der Waals surface area contributed by atoms with E-state index < -0.39 is 10.1 Å². The second kappa shape index (κ2) is 5.50. The lowest BCUT2D eigenvalue weighted by Gasteiger charge is -2.07. The van der Waals surface area contributed by atoms with E-state index >= 15 is 0 Å². The third kappa shape index (κ3) is 3.35. The molecule has 108 valence electrons. The number of aryl methyl sites for hydroxylation is 4. The van der Waals surface area contributed by atoms with E-state index in [-0.39, 0.29) is 5.75 Å². The van der Waals surface area contributed by atoms with Gasteiger partial charge in [0.15, 0.2) is 6.20 Å². The lowest BCUT2D eigenvalue weighted by atomic mass is 10.0. The van der Waals surface area contributed by atoms with E-state index in [1.54, 1.807) is 0 Å². The highest BCUT2D eigenvalue weighted by molar-refractivity contribution is 7.85. The van der Waals surface area contributed by atoms with Gasteiger partial charge in [-0.15, -0.1) is 0 Å². The summed E-state index contributed by atoms with van der Waals surface area (Å²) in [5.41, 5.74) is 4.76. The minimum Gasteiger partial charge on any atom is -0.286 e. The molecule has 0 spiro atoms. The molecule has 5 heteroatoms. The van der Waals surface area contributed by atoms with Crippen molar-refractivity contribution in [2.45, 2.75) is 33.7 Å². The molecule has 0 amide bonds. The van der Waals surface area contributed by atoms with Gasteiger partial charge in [-0.2, -0.15) is 13.0 Å². The molecule has 0 bridgehead atoms. The molecular formula is C15H20NO3S+. The molecule has 0 aliphatic carbocycles. The number of pyridine rings is 1. The molecule has 4 nitrogen and oxygen atoms in total. The molecule has 0 atom stereocenters. The van der Waals surface area contributed by atoms with Crippen molar-refractivity contribution in [2.24, 2.45) is 0 Å². The van der Waals surface area contributed by atoms with Gasteiger partial charge in [-0.3, -0.25) is 4.55 Å². The molecule has 2 rings (SSSR count). The van der Waals surface area contributed by atoms with Gasteiger partial charge in [0.25, 0.3) is 10.1 Å². The Kier molecular flexibility index (Phi) is 4.11. The maximum Gasteiger partial charge on any atom is 0.265 e. The van der Waals surface area contributed by atoms with Crippen LogP contribution in [0.3, 0.4) is 0 Å². The Hall–Kier alpha value is -1.46. The highest BCUT2D eigenvalue weighted by Crippen LogP contribution is 2.19. The van der Waals surface area contributed by atoms with Crippen LogP contribution in [0, 0.1) is 20.8 Å². The van der Waals surface area contributed by atoms with Crippen molar-refractivity contribution in [1.82, 2.24) is 0 Å². The summed E-state index contributed by atoms with van der Waals surface area (Å²) in [4.78, 5) is 0. The normalized spacial score (nSPS) is 12.0. The van der Waals surface area contributed by atoms with Gasteiger partial charge >= 0.3 is 0 Å². The van der Waals surface area contributed by atoms with Crippen LogP contribution in [0.2, 0.25) is 0 Å². The first-order valence-electron chi connectivity index (χ1n) is 6.63. The SMILES string of the molecule is Cc1cc2c(C)cc[n+](CCCS(=O)(=O)O)c2cc1C. The fourth-order valence-electron chi connectivity index (χ4n) is 2.34. The number of aromatic nitrogens is 1. The summed E-state index contributed by atoms with van der Waals surface area (Å²) in [6, 6.07) is 6.33. The van der Waals surface area contributed by atoms with Gasteiger partial charge in [0, 0.05) is 23.9 Å². The number of benzene rings is 1. The van der Waals surface area contributed by atoms with Crippen molar-refractivity contribution in [3.8, 4) is 0 Å². The van der Waals surface area contributed by atoms with E-state index in [1.807, 2.05) is 16.8 Å². The summed E-state index contributed by atoms with van der Waals surface area (Å²) in [6.45, 7) is 6.79. The molecule has 0 saturated heterocycles. The number of fused-ring (bicyclic) bond motifs is 1. The third-order valence-electron chi connectivity index (χ3n) is 3.65. The van der Waals surface area contributed by atoms with E-state index in [0.29, 0.717) is 13.0 Å². The predicted molar refractivity (Wildman–Crippen MR) is 79.4 cm³/mol. The Morgan fingerprint density at radius 2 is 1.75 bits per heavy atom. The van der Waals surface area contributed by atoms with Gasteiger partial charge in [0.2, 0.25) is 5.52 Å². The number of nitrogens with zero attached hydrogens (tertiary/aromatic N) is 1. The first-order chi connectivity index (χ1) is 9.28. The summed E-state index contributed by atoms with van der Waals surface area (Å²) in [5, 5.41) is 1.18. The molecule has 1 N–H and O–H groups in total. The van der Waals surface area contributed by atoms with Gasteiger partial charge in [0.05, 0.1) is 5.75 Å². The second-order valence-corrected chi connectivity index (χ2v) is 6.86. The molecule has 0 saturated carbocycles. The zero-order valence-corrected chi connectivity index (χ0v) is 12.9. The number of hydrogen-bond donors (Lipinski definition) is 1. The molecular weight excluding hydrogens is 274 g/mol. The van der Waals surface area contributed by atoms with E-state index in [2.05, 4.69) is 32.9 Å². The van der Waals surface area contributed by atoms with Gasteiger partial charge in [-0.1, -0.05) is 0 Å². The molecule has 0 fully saturated rings. The summed E-state index contributed by atoms with van der Waals surface area (Å²) in [5.74, 6) is -0.208. The van der Waals surface area contributed by atoms with Crippen LogP contribution in [-0.4, -0.2) is 18.7 Å². The van der Waals surface area contributed by atoms with Crippen LogP contribution >= 0.6 is 0 Å². The summed E-state index contributed by atoms with van der Waals surface area (Å²) >= 11 is 0.